The number of aromatic nitrogens is 2. The van der Waals surface area contributed by atoms with Gasteiger partial charge in [0.1, 0.15) is 6.54 Å². The number of fused-ring (bicyclic) bond motifs is 1. The summed E-state index contributed by atoms with van der Waals surface area (Å²) in [7, 11) is 0. The summed E-state index contributed by atoms with van der Waals surface area (Å²) in [6.07, 6.45) is 1.68. The van der Waals surface area contributed by atoms with E-state index in [0.717, 1.165) is 29.5 Å². The number of amides is 2. The normalized spacial score (nSPS) is 16.7. The Bertz CT molecular complexity index is 1280. The van der Waals surface area contributed by atoms with E-state index < -0.39 is 23.7 Å². The Labute approximate surface area is 183 Å². The summed E-state index contributed by atoms with van der Waals surface area (Å²) < 4.78 is 0.891. The molecule has 9 heteroatoms. The molecule has 1 saturated heterocycles. The fraction of sp³-hybridized carbons (Fsp3) is 0.304. The Morgan fingerprint density at radius 2 is 1.84 bits per heavy atom. The fourth-order valence-electron chi connectivity index (χ4n) is 4.13. The summed E-state index contributed by atoms with van der Waals surface area (Å²) in [6.45, 7) is 1.57. The highest BCUT2D eigenvalue weighted by atomic mass is 16.2. The van der Waals surface area contributed by atoms with Crippen LogP contribution in [0.3, 0.4) is 0 Å². The monoisotopic (exact) mass is 435 g/mol. The van der Waals surface area contributed by atoms with Gasteiger partial charge in [0.15, 0.2) is 0 Å². The lowest BCUT2D eigenvalue weighted by atomic mass is 9.97. The summed E-state index contributed by atoms with van der Waals surface area (Å²) in [5.74, 6) is -0.937. The average molecular weight is 435 g/mol. The number of hydrogen-bond acceptors (Lipinski definition) is 5. The Kier molecular flexibility index (Phi) is 6.18. The number of piperidine rings is 1. The minimum atomic E-state index is -0.636. The largest absolute Gasteiger partial charge is 0.369 e. The van der Waals surface area contributed by atoms with Crippen LogP contribution in [-0.2, 0) is 22.7 Å². The molecule has 0 aliphatic carbocycles. The number of carbonyl (C=O) groups is 2. The number of primary amides is 1. The molecule has 1 atom stereocenters. The Hall–Kier alpha value is -3.72. The number of H-pyrrole nitrogens is 1. The van der Waals surface area contributed by atoms with Crippen molar-refractivity contribution in [3.05, 3.63) is 74.9 Å². The van der Waals surface area contributed by atoms with E-state index >= 15 is 0 Å². The van der Waals surface area contributed by atoms with Gasteiger partial charge in [-0.25, -0.2) is 4.79 Å². The van der Waals surface area contributed by atoms with Crippen LogP contribution in [0.2, 0.25) is 0 Å². The first-order valence-electron chi connectivity index (χ1n) is 10.5. The highest BCUT2D eigenvalue weighted by Gasteiger charge is 2.24. The maximum absolute atomic E-state index is 12.7. The molecular weight excluding hydrogens is 410 g/mol. The van der Waals surface area contributed by atoms with Crippen molar-refractivity contribution in [2.45, 2.75) is 25.9 Å². The molecule has 2 aromatic carbocycles. The zero-order chi connectivity index (χ0) is 22.7. The third-order valence-electron chi connectivity index (χ3n) is 5.78. The Morgan fingerprint density at radius 1 is 1.09 bits per heavy atom. The van der Waals surface area contributed by atoms with Crippen molar-refractivity contribution in [3.8, 4) is 0 Å². The molecule has 1 aliphatic heterocycles. The van der Waals surface area contributed by atoms with Gasteiger partial charge in [0.2, 0.25) is 11.8 Å². The summed E-state index contributed by atoms with van der Waals surface area (Å²) >= 11 is 0. The number of nitrogens with one attached hydrogen (secondary N) is 2. The molecule has 4 rings (SSSR count). The minimum Gasteiger partial charge on any atom is -0.369 e. The van der Waals surface area contributed by atoms with Gasteiger partial charge in [-0.15, -0.1) is 0 Å². The second kappa shape index (κ2) is 9.19. The van der Waals surface area contributed by atoms with E-state index in [1.165, 1.54) is 0 Å². The molecule has 2 amide bonds. The summed E-state index contributed by atoms with van der Waals surface area (Å²) in [5, 5.41) is 3.16. The van der Waals surface area contributed by atoms with Gasteiger partial charge in [0.05, 0.1) is 16.8 Å². The fourth-order valence-corrected chi connectivity index (χ4v) is 4.13. The molecule has 32 heavy (non-hydrogen) atoms. The van der Waals surface area contributed by atoms with E-state index in [0.29, 0.717) is 29.7 Å². The number of hydrogen-bond donors (Lipinski definition) is 3. The van der Waals surface area contributed by atoms with Crippen molar-refractivity contribution >= 4 is 28.4 Å². The van der Waals surface area contributed by atoms with Crippen LogP contribution in [0.25, 0.3) is 10.9 Å². The molecule has 1 aliphatic rings. The molecule has 1 unspecified atom stereocenters. The van der Waals surface area contributed by atoms with Crippen LogP contribution in [-0.4, -0.2) is 39.4 Å². The van der Waals surface area contributed by atoms with Crippen molar-refractivity contribution in [3.63, 3.8) is 0 Å². The molecule has 1 fully saturated rings. The number of rotatable bonds is 6. The van der Waals surface area contributed by atoms with Gasteiger partial charge in [-0.3, -0.25) is 23.9 Å². The highest BCUT2D eigenvalue weighted by Crippen LogP contribution is 2.22. The third-order valence-corrected chi connectivity index (χ3v) is 5.78. The van der Waals surface area contributed by atoms with Gasteiger partial charge in [-0.05, 0) is 43.1 Å². The van der Waals surface area contributed by atoms with Crippen LogP contribution in [0, 0.1) is 5.92 Å². The SMILES string of the molecule is NC(=O)C1CCCN(Cc2ccccc2NC(=O)Cn2c(=O)[nH]c3ccccc3c2=O)C1. The number of nitrogens with zero attached hydrogens (tertiary/aromatic N) is 2. The molecule has 0 radical (unpaired) electrons. The minimum absolute atomic E-state index is 0.169. The number of aromatic amines is 1. The number of carbonyl (C=O) groups excluding carboxylic acids is 2. The smallest absolute Gasteiger partial charge is 0.329 e. The maximum atomic E-state index is 12.7. The van der Waals surface area contributed by atoms with Gasteiger partial charge in [-0.2, -0.15) is 0 Å². The van der Waals surface area contributed by atoms with E-state index in [1.54, 1.807) is 36.4 Å². The van der Waals surface area contributed by atoms with E-state index in [-0.39, 0.29) is 11.8 Å². The van der Waals surface area contributed by atoms with Gasteiger partial charge in [0.25, 0.3) is 5.56 Å². The third kappa shape index (κ3) is 4.62. The predicted octanol–water partition coefficient (Wildman–Crippen LogP) is 1.03. The van der Waals surface area contributed by atoms with Crippen LogP contribution in [0.15, 0.2) is 58.1 Å². The van der Waals surface area contributed by atoms with Gasteiger partial charge in [-0.1, -0.05) is 30.3 Å². The lowest BCUT2D eigenvalue weighted by molar-refractivity contribution is -0.123. The number of anilines is 1. The molecule has 1 aromatic heterocycles. The molecule has 0 spiro atoms. The molecule has 3 aromatic rings. The van der Waals surface area contributed by atoms with Crippen molar-refractivity contribution in [2.75, 3.05) is 18.4 Å². The van der Waals surface area contributed by atoms with Gasteiger partial charge < -0.3 is 16.0 Å². The number of nitrogens with two attached hydrogens (primary N) is 1. The van der Waals surface area contributed by atoms with Crippen LogP contribution < -0.4 is 22.3 Å². The molecule has 0 bridgehead atoms. The molecule has 9 nitrogen and oxygen atoms in total. The second-order valence-electron chi connectivity index (χ2n) is 8.05. The van der Waals surface area contributed by atoms with Crippen LogP contribution in [0.5, 0.6) is 0 Å². The Morgan fingerprint density at radius 3 is 2.66 bits per heavy atom. The lowest BCUT2D eigenvalue weighted by Crippen LogP contribution is -2.41. The summed E-state index contributed by atoms with van der Waals surface area (Å²) in [6, 6.07) is 14.0. The number of para-hydroxylation sites is 2. The molecule has 0 saturated carbocycles. The van der Waals surface area contributed by atoms with Gasteiger partial charge in [0, 0.05) is 18.8 Å². The van der Waals surface area contributed by atoms with Crippen molar-refractivity contribution in [1.82, 2.24) is 14.5 Å². The zero-order valence-electron chi connectivity index (χ0n) is 17.5. The molecule has 2 heterocycles. The Balaban J connectivity index is 1.50. The van der Waals surface area contributed by atoms with E-state index in [9.17, 15) is 19.2 Å². The average Bonchev–Trinajstić information content (AvgIpc) is 2.78. The maximum Gasteiger partial charge on any atom is 0.329 e. The molecular formula is C23H25N5O4. The number of benzene rings is 2. The van der Waals surface area contributed by atoms with Crippen molar-refractivity contribution in [1.29, 1.82) is 0 Å². The number of likely N-dealkylation sites (tertiary alicyclic amines) is 1. The van der Waals surface area contributed by atoms with E-state index in [2.05, 4.69) is 15.2 Å². The summed E-state index contributed by atoms with van der Waals surface area (Å²) in [5.41, 5.74) is 6.23. The predicted molar refractivity (Wildman–Crippen MR) is 121 cm³/mol. The topological polar surface area (TPSA) is 130 Å². The molecule has 166 valence electrons. The van der Waals surface area contributed by atoms with Crippen molar-refractivity contribution < 1.29 is 9.59 Å². The summed E-state index contributed by atoms with van der Waals surface area (Å²) in [4.78, 5) is 54.1. The van der Waals surface area contributed by atoms with Crippen LogP contribution in [0.4, 0.5) is 5.69 Å². The van der Waals surface area contributed by atoms with Gasteiger partial charge >= 0.3 is 5.69 Å². The second-order valence-corrected chi connectivity index (χ2v) is 8.05. The van der Waals surface area contributed by atoms with Crippen LogP contribution >= 0.6 is 0 Å². The first kappa shape index (κ1) is 21.5. The van der Waals surface area contributed by atoms with E-state index in [4.69, 9.17) is 5.73 Å². The first-order chi connectivity index (χ1) is 15.4. The lowest BCUT2D eigenvalue weighted by Gasteiger charge is -2.31. The first-order valence-corrected chi connectivity index (χ1v) is 10.5. The molecule has 4 N–H and O–H groups in total. The quantitative estimate of drug-likeness (QED) is 0.532. The van der Waals surface area contributed by atoms with Crippen LogP contribution in [0.1, 0.15) is 18.4 Å². The standard InChI is InChI=1S/C23H25N5O4/c24-21(30)16-7-5-11-27(13-16)12-15-6-1-3-9-18(15)25-20(29)14-28-22(31)17-8-2-4-10-19(17)26-23(28)32/h1-4,6,8-10,16H,5,7,11-14H2,(H2,24,30)(H,25,29)(H,26,32). The van der Waals surface area contributed by atoms with Crippen molar-refractivity contribution in [2.24, 2.45) is 11.7 Å². The van der Waals surface area contributed by atoms with E-state index in [1.807, 2.05) is 12.1 Å². The highest BCUT2D eigenvalue weighted by molar-refractivity contribution is 5.91. The zero-order valence-corrected chi connectivity index (χ0v) is 17.5.